The Balaban J connectivity index is 1.60. The van der Waals surface area contributed by atoms with E-state index in [1.165, 1.54) is 16.5 Å². The molecule has 0 unspecified atom stereocenters. The molecular weight excluding hydrogens is 438 g/mol. The molecule has 0 bridgehead atoms. The number of hydrogen-bond donors (Lipinski definition) is 0. The van der Waals surface area contributed by atoms with Crippen molar-refractivity contribution in [1.29, 1.82) is 0 Å². The fraction of sp³-hybridized carbons (Fsp3) is 0.0800. The van der Waals surface area contributed by atoms with Crippen molar-refractivity contribution >= 4 is 32.1 Å². The van der Waals surface area contributed by atoms with Crippen LogP contribution in [0.3, 0.4) is 0 Å². The third-order valence-electron chi connectivity index (χ3n) is 5.63. The molecule has 3 aromatic carbocycles. The Kier molecular flexibility index (Phi) is 4.94. The molecule has 0 atom stereocenters. The molecule has 0 aliphatic heterocycles. The van der Waals surface area contributed by atoms with Crippen molar-refractivity contribution in [1.82, 2.24) is 9.38 Å². The van der Waals surface area contributed by atoms with E-state index in [1.807, 2.05) is 55.5 Å². The Bertz CT molecular complexity index is 1640. The van der Waals surface area contributed by atoms with Gasteiger partial charge >= 0.3 is 5.82 Å². The predicted octanol–water partition coefficient (Wildman–Crippen LogP) is 5.35. The SMILES string of the molecule is Cc1ccc(S(=O)(=O)Cc2nc3ccc(-c4ccc5ccccc5c4)cn3c2[N+](=O)[O-])cc1. The fourth-order valence-electron chi connectivity index (χ4n) is 3.92. The van der Waals surface area contributed by atoms with Crippen molar-refractivity contribution in [2.45, 2.75) is 17.6 Å². The van der Waals surface area contributed by atoms with Crippen LogP contribution < -0.4 is 0 Å². The summed E-state index contributed by atoms with van der Waals surface area (Å²) in [5.74, 6) is -0.900. The summed E-state index contributed by atoms with van der Waals surface area (Å²) in [6, 6.07) is 23.8. The van der Waals surface area contributed by atoms with E-state index >= 15 is 0 Å². The van der Waals surface area contributed by atoms with E-state index < -0.39 is 20.5 Å². The van der Waals surface area contributed by atoms with Gasteiger partial charge in [-0.15, -0.1) is 0 Å². The first-order chi connectivity index (χ1) is 15.8. The number of aromatic nitrogens is 2. The van der Waals surface area contributed by atoms with Crippen molar-refractivity contribution < 1.29 is 13.3 Å². The second-order valence-corrected chi connectivity index (χ2v) is 9.91. The minimum atomic E-state index is -3.80. The minimum Gasteiger partial charge on any atom is -0.358 e. The maximum atomic E-state index is 12.9. The van der Waals surface area contributed by atoms with Crippen LogP contribution in [0.25, 0.3) is 27.5 Å². The van der Waals surface area contributed by atoms with Gasteiger partial charge in [-0.1, -0.05) is 54.1 Å². The zero-order chi connectivity index (χ0) is 23.2. The number of fused-ring (bicyclic) bond motifs is 2. The van der Waals surface area contributed by atoms with Crippen LogP contribution in [0.15, 0.2) is 90.0 Å². The third-order valence-corrected chi connectivity index (χ3v) is 7.27. The number of benzene rings is 3. The number of nitro groups is 1. The molecule has 0 amide bonds. The maximum Gasteiger partial charge on any atom is 0.352 e. The van der Waals surface area contributed by atoms with Gasteiger partial charge in [0, 0.05) is 11.6 Å². The van der Waals surface area contributed by atoms with E-state index in [4.69, 9.17) is 0 Å². The maximum absolute atomic E-state index is 12.9. The number of rotatable bonds is 5. The van der Waals surface area contributed by atoms with Gasteiger partial charge in [-0.05, 0) is 52.4 Å². The summed E-state index contributed by atoms with van der Waals surface area (Å²) in [7, 11) is -3.80. The lowest BCUT2D eigenvalue weighted by Crippen LogP contribution is -2.07. The van der Waals surface area contributed by atoms with Crippen LogP contribution in [0, 0.1) is 17.0 Å². The average molecular weight is 458 g/mol. The molecule has 8 heteroatoms. The van der Waals surface area contributed by atoms with Crippen molar-refractivity contribution in [3.8, 4) is 11.1 Å². The largest absolute Gasteiger partial charge is 0.358 e. The zero-order valence-corrected chi connectivity index (χ0v) is 18.5. The number of aryl methyl sites for hydroxylation is 1. The Morgan fingerprint density at radius 2 is 1.61 bits per heavy atom. The summed E-state index contributed by atoms with van der Waals surface area (Å²) in [6.45, 7) is 1.86. The first-order valence-electron chi connectivity index (χ1n) is 10.3. The van der Waals surface area contributed by atoms with Gasteiger partial charge in [0.15, 0.2) is 15.5 Å². The molecule has 0 radical (unpaired) electrons. The van der Waals surface area contributed by atoms with Gasteiger partial charge in [0.1, 0.15) is 11.9 Å². The number of imidazole rings is 1. The van der Waals surface area contributed by atoms with Crippen LogP contribution in [-0.2, 0) is 15.6 Å². The molecule has 2 aromatic heterocycles. The van der Waals surface area contributed by atoms with E-state index in [1.54, 1.807) is 24.4 Å². The smallest absolute Gasteiger partial charge is 0.352 e. The highest BCUT2D eigenvalue weighted by atomic mass is 32.2. The quantitative estimate of drug-likeness (QED) is 0.262. The van der Waals surface area contributed by atoms with Gasteiger partial charge in [0.05, 0.1) is 4.90 Å². The van der Waals surface area contributed by atoms with Crippen molar-refractivity contribution in [2.75, 3.05) is 0 Å². The Morgan fingerprint density at radius 1 is 0.909 bits per heavy atom. The van der Waals surface area contributed by atoms with Crippen molar-refractivity contribution in [3.05, 3.63) is 106 Å². The summed E-state index contributed by atoms with van der Waals surface area (Å²) < 4.78 is 27.2. The van der Waals surface area contributed by atoms with Crippen molar-refractivity contribution in [2.24, 2.45) is 0 Å². The first kappa shape index (κ1) is 20.8. The molecule has 5 aromatic rings. The fourth-order valence-corrected chi connectivity index (χ4v) is 5.19. The van der Waals surface area contributed by atoms with Gasteiger partial charge in [-0.2, -0.15) is 4.40 Å². The van der Waals surface area contributed by atoms with Crippen LogP contribution in [0.1, 0.15) is 11.3 Å². The summed E-state index contributed by atoms with van der Waals surface area (Å²) >= 11 is 0. The molecule has 0 saturated carbocycles. The second-order valence-electron chi connectivity index (χ2n) is 7.92. The highest BCUT2D eigenvalue weighted by Crippen LogP contribution is 2.29. The number of sulfone groups is 1. The van der Waals surface area contributed by atoms with E-state index in [9.17, 15) is 18.5 Å². The second kappa shape index (κ2) is 7.83. The lowest BCUT2D eigenvalue weighted by atomic mass is 10.0. The molecule has 0 aliphatic rings. The molecule has 33 heavy (non-hydrogen) atoms. The van der Waals surface area contributed by atoms with Gasteiger partial charge in [-0.25, -0.2) is 13.4 Å². The molecule has 0 saturated heterocycles. The van der Waals surface area contributed by atoms with Crippen LogP contribution >= 0.6 is 0 Å². The van der Waals surface area contributed by atoms with Crippen LogP contribution in [0.2, 0.25) is 0 Å². The number of hydrogen-bond acceptors (Lipinski definition) is 5. The highest BCUT2D eigenvalue weighted by Gasteiger charge is 2.28. The Morgan fingerprint density at radius 3 is 2.33 bits per heavy atom. The molecule has 0 spiro atoms. The molecular formula is C25H19N3O4S. The summed E-state index contributed by atoms with van der Waals surface area (Å²) in [5.41, 5.74) is 2.82. The third kappa shape index (κ3) is 3.85. The molecule has 5 rings (SSSR count). The average Bonchev–Trinajstić information content (AvgIpc) is 3.15. The van der Waals surface area contributed by atoms with E-state index in [-0.39, 0.29) is 16.4 Å². The molecule has 0 fully saturated rings. The highest BCUT2D eigenvalue weighted by molar-refractivity contribution is 7.90. The first-order valence-corrected chi connectivity index (χ1v) is 11.9. The molecule has 0 N–H and O–H groups in total. The summed E-state index contributed by atoms with van der Waals surface area (Å²) in [4.78, 5) is 15.8. The van der Waals surface area contributed by atoms with Crippen molar-refractivity contribution in [3.63, 3.8) is 0 Å². The monoisotopic (exact) mass is 457 g/mol. The zero-order valence-electron chi connectivity index (χ0n) is 17.7. The molecule has 0 aliphatic carbocycles. The topological polar surface area (TPSA) is 94.6 Å². The number of nitrogens with zero attached hydrogens (tertiary/aromatic N) is 3. The van der Waals surface area contributed by atoms with Gasteiger partial charge in [0.2, 0.25) is 5.65 Å². The molecule has 7 nitrogen and oxygen atoms in total. The van der Waals surface area contributed by atoms with Gasteiger partial charge < -0.3 is 10.1 Å². The number of pyridine rings is 1. The summed E-state index contributed by atoms with van der Waals surface area (Å²) in [6.07, 6.45) is 1.63. The van der Waals surface area contributed by atoms with E-state index in [2.05, 4.69) is 4.98 Å². The minimum absolute atomic E-state index is 0.0868. The summed E-state index contributed by atoms with van der Waals surface area (Å²) in [5, 5.41) is 14.1. The Labute approximate surface area is 190 Å². The van der Waals surface area contributed by atoms with Crippen LogP contribution in [0.4, 0.5) is 5.82 Å². The Hall–Kier alpha value is -4.04. The van der Waals surface area contributed by atoms with Gasteiger partial charge in [-0.3, -0.25) is 0 Å². The molecule has 164 valence electrons. The van der Waals surface area contributed by atoms with E-state index in [0.717, 1.165) is 27.5 Å². The normalized spacial score (nSPS) is 11.8. The van der Waals surface area contributed by atoms with Gasteiger partial charge in [0.25, 0.3) is 0 Å². The predicted molar refractivity (Wildman–Crippen MR) is 127 cm³/mol. The van der Waals surface area contributed by atoms with Crippen LogP contribution in [0.5, 0.6) is 0 Å². The lowest BCUT2D eigenvalue weighted by Gasteiger charge is -2.04. The lowest BCUT2D eigenvalue weighted by molar-refractivity contribution is -0.391. The van der Waals surface area contributed by atoms with E-state index in [0.29, 0.717) is 5.65 Å². The molecule has 2 heterocycles. The standard InChI is InChI=1S/C25H19N3O4S/c1-17-6-11-22(12-7-17)33(31,32)16-23-25(28(29)30)27-15-21(10-13-24(27)26-23)20-9-8-18-4-2-3-5-19(18)14-20/h2-15H,16H2,1H3. The van der Waals surface area contributed by atoms with Crippen LogP contribution in [-0.4, -0.2) is 22.7 Å².